The van der Waals surface area contributed by atoms with Gasteiger partial charge in [-0.15, -0.1) is 0 Å². The van der Waals surface area contributed by atoms with E-state index < -0.39 is 17.1 Å². The zero-order valence-electron chi connectivity index (χ0n) is 16.5. The molecule has 3 rings (SSSR count). The molecule has 9 nitrogen and oxygen atoms in total. The highest BCUT2D eigenvalue weighted by atomic mass is 35.5. The summed E-state index contributed by atoms with van der Waals surface area (Å²) in [6, 6.07) is 6.93. The van der Waals surface area contributed by atoms with Gasteiger partial charge in [0.1, 0.15) is 5.56 Å². The van der Waals surface area contributed by atoms with Crippen LogP contribution in [-0.2, 0) is 11.3 Å². The van der Waals surface area contributed by atoms with Crippen LogP contribution in [0.1, 0.15) is 30.0 Å². The van der Waals surface area contributed by atoms with Crippen LogP contribution in [0.5, 0.6) is 5.88 Å². The van der Waals surface area contributed by atoms with Crippen molar-refractivity contribution < 1.29 is 9.84 Å². The van der Waals surface area contributed by atoms with E-state index in [0.29, 0.717) is 35.3 Å². The third kappa shape index (κ3) is 4.40. The number of hydrogen-bond donors (Lipinski definition) is 3. The molecule has 1 aliphatic heterocycles. The van der Waals surface area contributed by atoms with Crippen LogP contribution in [0, 0.1) is 0 Å². The van der Waals surface area contributed by atoms with Crippen LogP contribution in [-0.4, -0.2) is 51.3 Å². The third-order valence-electron chi connectivity index (χ3n) is 4.78. The zero-order chi connectivity index (χ0) is 21.8. The first-order valence-electron chi connectivity index (χ1n) is 9.26. The number of ether oxygens (including phenoxy) is 1. The molecule has 0 amide bonds. The number of aromatic amines is 1. The Hall–Kier alpha value is -2.69. The minimum Gasteiger partial charge on any atom is -0.494 e. The van der Waals surface area contributed by atoms with E-state index in [-0.39, 0.29) is 18.2 Å². The summed E-state index contributed by atoms with van der Waals surface area (Å²) in [7, 11) is 3.22. The summed E-state index contributed by atoms with van der Waals surface area (Å²) < 4.78 is 6.10. The quantitative estimate of drug-likeness (QED) is 0.451. The van der Waals surface area contributed by atoms with E-state index in [1.807, 2.05) is 12.1 Å². The highest BCUT2D eigenvalue weighted by Crippen LogP contribution is 2.34. The second kappa shape index (κ2) is 9.41. The fourth-order valence-electron chi connectivity index (χ4n) is 3.30. The Kier molecular flexibility index (Phi) is 6.91. The molecule has 1 aromatic carbocycles. The predicted octanol–water partition coefficient (Wildman–Crippen LogP) is 1.59. The van der Waals surface area contributed by atoms with E-state index in [1.165, 1.54) is 0 Å². The molecule has 30 heavy (non-hydrogen) atoms. The van der Waals surface area contributed by atoms with E-state index in [2.05, 4.69) is 15.4 Å². The zero-order valence-corrected chi connectivity index (χ0v) is 18.1. The number of nitrogens with zero attached hydrogens (tertiary/aromatic N) is 3. The van der Waals surface area contributed by atoms with Crippen molar-refractivity contribution in [1.82, 2.24) is 19.9 Å². The molecular formula is C19H22ClN5O4S. The van der Waals surface area contributed by atoms with E-state index in [0.717, 1.165) is 10.1 Å². The Morgan fingerprint density at radius 2 is 2.10 bits per heavy atom. The molecule has 0 radical (unpaired) electrons. The van der Waals surface area contributed by atoms with Gasteiger partial charge in [0, 0.05) is 38.8 Å². The van der Waals surface area contributed by atoms with Crippen LogP contribution < -0.4 is 16.6 Å². The van der Waals surface area contributed by atoms with Crippen LogP contribution in [0.15, 0.2) is 39.0 Å². The number of thiocarbonyl (C=S) groups is 1. The second-order valence-corrected chi connectivity index (χ2v) is 7.50. The highest BCUT2D eigenvalue weighted by Gasteiger charge is 2.34. The predicted molar refractivity (Wildman–Crippen MR) is 118 cm³/mol. The molecule has 3 N–H and O–H groups in total. The fourth-order valence-corrected chi connectivity index (χ4v) is 3.60. The SMILES string of the molecule is CNC(=S)N1N=C(c2c(O)n(CCCOC)c(=O)[nH]c2=O)C[C@H]1c1ccc(Cl)cc1. The molecule has 1 aliphatic rings. The van der Waals surface area contributed by atoms with Gasteiger partial charge in [0.25, 0.3) is 5.56 Å². The average Bonchev–Trinajstić information content (AvgIpc) is 3.15. The molecule has 2 aromatic rings. The maximum Gasteiger partial charge on any atom is 0.331 e. The Bertz CT molecular complexity index is 1080. The number of benzene rings is 1. The molecule has 160 valence electrons. The van der Waals surface area contributed by atoms with Crippen LogP contribution in [0.2, 0.25) is 5.02 Å². The Morgan fingerprint density at radius 1 is 1.40 bits per heavy atom. The monoisotopic (exact) mass is 451 g/mol. The smallest absolute Gasteiger partial charge is 0.331 e. The first-order valence-corrected chi connectivity index (χ1v) is 10.0. The van der Waals surface area contributed by atoms with Gasteiger partial charge in [0.15, 0.2) is 5.11 Å². The number of hydrazone groups is 1. The third-order valence-corrected chi connectivity index (χ3v) is 5.42. The number of nitrogens with one attached hydrogen (secondary N) is 2. The molecule has 0 fully saturated rings. The number of methoxy groups -OCH3 is 1. The summed E-state index contributed by atoms with van der Waals surface area (Å²) in [5.74, 6) is -0.425. The highest BCUT2D eigenvalue weighted by molar-refractivity contribution is 7.80. The van der Waals surface area contributed by atoms with Gasteiger partial charge in [-0.2, -0.15) is 5.10 Å². The maximum absolute atomic E-state index is 12.5. The van der Waals surface area contributed by atoms with E-state index in [9.17, 15) is 14.7 Å². The topological polar surface area (TPSA) is 112 Å². The number of rotatable bonds is 6. The second-order valence-electron chi connectivity index (χ2n) is 6.67. The Balaban J connectivity index is 2.03. The number of H-pyrrole nitrogens is 1. The number of halogens is 1. The minimum atomic E-state index is -0.702. The molecule has 0 aliphatic carbocycles. The summed E-state index contributed by atoms with van der Waals surface area (Å²) in [4.78, 5) is 27.0. The summed E-state index contributed by atoms with van der Waals surface area (Å²) in [6.45, 7) is 0.596. The standard InChI is InChI=1S/C19H22ClN5O4S/c1-21-19(30)25-14(11-4-6-12(20)7-5-11)10-13(23-25)15-16(26)22-18(28)24(17(15)27)8-3-9-29-2/h4-7,14,27H,3,8-10H2,1-2H3,(H,21,30)(H,22,26,28)/t14-/m0/s1. The Labute approximate surface area is 182 Å². The van der Waals surface area contributed by atoms with Crippen molar-refractivity contribution in [3.8, 4) is 5.88 Å². The van der Waals surface area contributed by atoms with Crippen LogP contribution in [0.4, 0.5) is 0 Å². The van der Waals surface area contributed by atoms with Crippen molar-refractivity contribution in [2.45, 2.75) is 25.4 Å². The summed E-state index contributed by atoms with van der Waals surface area (Å²) >= 11 is 11.4. The minimum absolute atomic E-state index is 0.0487. The molecule has 0 saturated carbocycles. The van der Waals surface area contributed by atoms with Crippen molar-refractivity contribution in [1.29, 1.82) is 0 Å². The Morgan fingerprint density at radius 3 is 2.73 bits per heavy atom. The lowest BCUT2D eigenvalue weighted by atomic mass is 9.99. The van der Waals surface area contributed by atoms with Crippen LogP contribution in [0.25, 0.3) is 0 Å². The number of aromatic nitrogens is 2. The van der Waals surface area contributed by atoms with E-state index >= 15 is 0 Å². The largest absolute Gasteiger partial charge is 0.494 e. The van der Waals surface area contributed by atoms with Gasteiger partial charge in [-0.1, -0.05) is 23.7 Å². The maximum atomic E-state index is 12.5. The van der Waals surface area contributed by atoms with Crippen molar-refractivity contribution in [2.24, 2.45) is 5.10 Å². The van der Waals surface area contributed by atoms with Gasteiger partial charge in [-0.25, -0.2) is 9.80 Å². The van der Waals surface area contributed by atoms with Crippen molar-refractivity contribution in [2.75, 3.05) is 20.8 Å². The normalized spacial score (nSPS) is 15.9. The lowest BCUT2D eigenvalue weighted by Crippen LogP contribution is -2.34. The number of hydrogen-bond acceptors (Lipinski definition) is 6. The van der Waals surface area contributed by atoms with Gasteiger partial charge in [0.2, 0.25) is 5.88 Å². The molecule has 11 heteroatoms. The molecule has 0 bridgehead atoms. The van der Waals surface area contributed by atoms with Gasteiger partial charge in [0.05, 0.1) is 11.8 Å². The molecule has 0 saturated heterocycles. The lowest BCUT2D eigenvalue weighted by molar-refractivity contribution is 0.188. The lowest BCUT2D eigenvalue weighted by Gasteiger charge is -2.23. The molecule has 1 aromatic heterocycles. The summed E-state index contributed by atoms with van der Waals surface area (Å²) in [6.07, 6.45) is 0.793. The molecule has 1 atom stereocenters. The van der Waals surface area contributed by atoms with E-state index in [4.69, 9.17) is 28.6 Å². The van der Waals surface area contributed by atoms with Gasteiger partial charge < -0.3 is 15.2 Å². The molecule has 2 heterocycles. The summed E-state index contributed by atoms with van der Waals surface area (Å²) in [5.41, 5.74) is -0.224. The van der Waals surface area contributed by atoms with Gasteiger partial charge >= 0.3 is 5.69 Å². The van der Waals surface area contributed by atoms with Crippen LogP contribution in [0.3, 0.4) is 0 Å². The van der Waals surface area contributed by atoms with Gasteiger partial charge in [-0.3, -0.25) is 14.3 Å². The fraction of sp³-hybridized carbons (Fsp3) is 0.368. The first-order chi connectivity index (χ1) is 14.4. The van der Waals surface area contributed by atoms with Crippen molar-refractivity contribution in [3.05, 3.63) is 61.3 Å². The average molecular weight is 452 g/mol. The first kappa shape index (κ1) is 22.0. The number of aromatic hydroxyl groups is 1. The van der Waals surface area contributed by atoms with Crippen molar-refractivity contribution in [3.63, 3.8) is 0 Å². The summed E-state index contributed by atoms with van der Waals surface area (Å²) in [5, 5.41) is 20.6. The molecular weight excluding hydrogens is 430 g/mol. The molecule has 0 spiro atoms. The molecule has 0 unspecified atom stereocenters. The van der Waals surface area contributed by atoms with Gasteiger partial charge in [-0.05, 0) is 36.3 Å². The van der Waals surface area contributed by atoms with Crippen LogP contribution >= 0.6 is 23.8 Å². The van der Waals surface area contributed by atoms with Crippen molar-refractivity contribution >= 4 is 34.6 Å². The van der Waals surface area contributed by atoms with E-state index in [1.54, 1.807) is 31.3 Å².